The molecule has 0 aliphatic heterocycles. The minimum absolute atomic E-state index is 0. The number of nitrogens with one attached hydrogen (secondary N) is 1. The molecule has 0 spiro atoms. The van der Waals surface area contributed by atoms with Gasteiger partial charge in [0, 0.05) is 13.1 Å². The van der Waals surface area contributed by atoms with Crippen molar-refractivity contribution in [3.8, 4) is 0 Å². The van der Waals surface area contributed by atoms with Crippen molar-refractivity contribution in [1.29, 1.82) is 0 Å². The largest absolute Gasteiger partial charge is 0.353 e. The SMILES string of the molecule is CC(N)C(=O)NCCN(C)C.Cl.Cl. The first-order valence-corrected chi connectivity index (χ1v) is 3.72. The number of amides is 1. The average molecular weight is 232 g/mol. The first kappa shape index (κ1) is 18.7. The minimum Gasteiger partial charge on any atom is -0.353 e. The zero-order valence-corrected chi connectivity index (χ0v) is 9.87. The third kappa shape index (κ3) is 12.0. The van der Waals surface area contributed by atoms with E-state index < -0.39 is 6.04 Å². The lowest BCUT2D eigenvalue weighted by molar-refractivity contribution is -0.121. The number of carbonyl (C=O) groups excluding carboxylic acids is 1. The van der Waals surface area contributed by atoms with Crippen molar-refractivity contribution in [3.63, 3.8) is 0 Å². The topological polar surface area (TPSA) is 58.4 Å². The van der Waals surface area contributed by atoms with Crippen LogP contribution in [0.25, 0.3) is 0 Å². The Morgan fingerprint density at radius 3 is 2.23 bits per heavy atom. The van der Waals surface area contributed by atoms with Gasteiger partial charge in [-0.05, 0) is 21.0 Å². The number of nitrogens with two attached hydrogens (primary N) is 1. The van der Waals surface area contributed by atoms with E-state index in [0.717, 1.165) is 6.54 Å². The van der Waals surface area contributed by atoms with Crippen molar-refractivity contribution in [1.82, 2.24) is 10.2 Å². The normalized spacial score (nSPS) is 11.2. The monoisotopic (exact) mass is 231 g/mol. The molecule has 0 fully saturated rings. The van der Waals surface area contributed by atoms with Gasteiger partial charge in [-0.15, -0.1) is 24.8 Å². The Labute approximate surface area is 92.0 Å². The van der Waals surface area contributed by atoms with Crippen LogP contribution in [0.4, 0.5) is 0 Å². The molecular weight excluding hydrogens is 213 g/mol. The number of likely N-dealkylation sites (N-methyl/N-ethyl adjacent to an activating group) is 1. The van der Waals surface area contributed by atoms with Crippen LogP contribution >= 0.6 is 24.8 Å². The molecule has 0 aromatic rings. The smallest absolute Gasteiger partial charge is 0.236 e. The fourth-order valence-corrected chi connectivity index (χ4v) is 0.564. The van der Waals surface area contributed by atoms with Gasteiger partial charge in [-0.2, -0.15) is 0 Å². The molecule has 0 aliphatic rings. The highest BCUT2D eigenvalue weighted by Gasteiger charge is 2.04. The summed E-state index contributed by atoms with van der Waals surface area (Å²) in [6.07, 6.45) is 0. The summed E-state index contributed by atoms with van der Waals surface area (Å²) < 4.78 is 0. The van der Waals surface area contributed by atoms with E-state index in [0.29, 0.717) is 6.54 Å². The zero-order chi connectivity index (χ0) is 8.85. The van der Waals surface area contributed by atoms with E-state index in [9.17, 15) is 4.79 Å². The Balaban J connectivity index is -0.000000500. The molecule has 1 atom stereocenters. The molecule has 0 saturated carbocycles. The van der Waals surface area contributed by atoms with Gasteiger partial charge in [0.1, 0.15) is 0 Å². The van der Waals surface area contributed by atoms with Crippen molar-refractivity contribution < 1.29 is 4.79 Å². The maximum atomic E-state index is 10.9. The molecule has 3 N–H and O–H groups in total. The second-order valence-corrected chi connectivity index (χ2v) is 2.88. The van der Waals surface area contributed by atoms with E-state index in [4.69, 9.17) is 5.73 Å². The van der Waals surface area contributed by atoms with Gasteiger partial charge in [0.25, 0.3) is 0 Å². The van der Waals surface area contributed by atoms with Crippen LogP contribution in [-0.4, -0.2) is 44.0 Å². The number of hydrogen-bond acceptors (Lipinski definition) is 3. The molecule has 0 aliphatic carbocycles. The quantitative estimate of drug-likeness (QED) is 0.709. The highest BCUT2D eigenvalue weighted by Crippen LogP contribution is 1.75. The Kier molecular flexibility index (Phi) is 14.5. The summed E-state index contributed by atoms with van der Waals surface area (Å²) in [5.41, 5.74) is 5.33. The van der Waals surface area contributed by atoms with Crippen molar-refractivity contribution >= 4 is 30.7 Å². The molecule has 1 amide bonds. The van der Waals surface area contributed by atoms with Gasteiger partial charge < -0.3 is 16.0 Å². The van der Waals surface area contributed by atoms with Crippen LogP contribution in [0.15, 0.2) is 0 Å². The molecule has 0 radical (unpaired) electrons. The number of rotatable bonds is 4. The molecule has 0 aromatic heterocycles. The summed E-state index contributed by atoms with van der Waals surface area (Å²) in [5, 5.41) is 2.71. The van der Waals surface area contributed by atoms with E-state index in [1.54, 1.807) is 6.92 Å². The van der Waals surface area contributed by atoms with E-state index in [-0.39, 0.29) is 30.7 Å². The van der Waals surface area contributed by atoms with Gasteiger partial charge >= 0.3 is 0 Å². The van der Waals surface area contributed by atoms with Crippen LogP contribution in [0.3, 0.4) is 0 Å². The van der Waals surface area contributed by atoms with Gasteiger partial charge in [-0.1, -0.05) is 0 Å². The molecule has 13 heavy (non-hydrogen) atoms. The lowest BCUT2D eigenvalue weighted by atomic mass is 10.3. The van der Waals surface area contributed by atoms with Gasteiger partial charge in [0.05, 0.1) is 6.04 Å². The molecule has 4 nitrogen and oxygen atoms in total. The number of hydrogen-bond donors (Lipinski definition) is 2. The predicted molar refractivity (Wildman–Crippen MR) is 59.7 cm³/mol. The van der Waals surface area contributed by atoms with Crippen LogP contribution in [-0.2, 0) is 4.79 Å². The lowest BCUT2D eigenvalue weighted by Gasteiger charge is -2.11. The Bertz CT molecular complexity index is 131. The standard InChI is InChI=1S/C7H17N3O.2ClH/c1-6(8)7(11)9-4-5-10(2)3;;/h6H,4-5,8H2,1-3H3,(H,9,11);2*1H. The Morgan fingerprint density at radius 2 is 1.92 bits per heavy atom. The summed E-state index contributed by atoms with van der Waals surface area (Å²) in [6, 6.07) is -0.405. The fraction of sp³-hybridized carbons (Fsp3) is 0.857. The zero-order valence-electron chi connectivity index (χ0n) is 8.24. The van der Waals surface area contributed by atoms with Crippen molar-refractivity contribution in [3.05, 3.63) is 0 Å². The first-order chi connectivity index (χ1) is 5.04. The van der Waals surface area contributed by atoms with E-state index >= 15 is 0 Å². The molecule has 0 heterocycles. The molecule has 0 rings (SSSR count). The Morgan fingerprint density at radius 1 is 1.46 bits per heavy atom. The maximum Gasteiger partial charge on any atom is 0.236 e. The second-order valence-electron chi connectivity index (χ2n) is 2.88. The summed E-state index contributed by atoms with van der Waals surface area (Å²) in [5.74, 6) is -0.0909. The third-order valence-corrected chi connectivity index (χ3v) is 1.27. The molecule has 82 valence electrons. The molecule has 6 heteroatoms. The number of halogens is 2. The molecule has 1 unspecified atom stereocenters. The first-order valence-electron chi connectivity index (χ1n) is 3.72. The van der Waals surface area contributed by atoms with Gasteiger partial charge in [-0.3, -0.25) is 4.79 Å². The number of nitrogens with zero attached hydrogens (tertiary/aromatic N) is 1. The average Bonchev–Trinajstić information content (AvgIpc) is 1.86. The predicted octanol–water partition coefficient (Wildman–Crippen LogP) is -0.145. The number of carbonyl (C=O) groups is 1. The van der Waals surface area contributed by atoms with E-state index in [2.05, 4.69) is 5.32 Å². The van der Waals surface area contributed by atoms with Crippen molar-refractivity contribution in [2.45, 2.75) is 13.0 Å². The summed E-state index contributed by atoms with van der Waals surface area (Å²) in [4.78, 5) is 12.9. The van der Waals surface area contributed by atoms with E-state index in [1.165, 1.54) is 0 Å². The maximum absolute atomic E-state index is 10.9. The molecule has 0 saturated heterocycles. The van der Waals surface area contributed by atoms with Gasteiger partial charge in [0.15, 0.2) is 0 Å². The summed E-state index contributed by atoms with van der Waals surface area (Å²) in [6.45, 7) is 3.18. The fourth-order valence-electron chi connectivity index (χ4n) is 0.564. The third-order valence-electron chi connectivity index (χ3n) is 1.27. The molecule has 0 aromatic carbocycles. The molecule has 0 bridgehead atoms. The molecular formula is C7H19Cl2N3O. The van der Waals surface area contributed by atoms with Crippen molar-refractivity contribution in [2.75, 3.05) is 27.2 Å². The summed E-state index contributed by atoms with van der Waals surface area (Å²) in [7, 11) is 3.91. The van der Waals surface area contributed by atoms with Crippen molar-refractivity contribution in [2.24, 2.45) is 5.73 Å². The second kappa shape index (κ2) is 10.1. The van der Waals surface area contributed by atoms with Crippen LogP contribution < -0.4 is 11.1 Å². The highest BCUT2D eigenvalue weighted by molar-refractivity contribution is 5.85. The summed E-state index contributed by atoms with van der Waals surface area (Å²) >= 11 is 0. The lowest BCUT2D eigenvalue weighted by Crippen LogP contribution is -2.41. The van der Waals surface area contributed by atoms with Gasteiger partial charge in [-0.25, -0.2) is 0 Å². The van der Waals surface area contributed by atoms with E-state index in [1.807, 2.05) is 19.0 Å². The van der Waals surface area contributed by atoms with Gasteiger partial charge in [0.2, 0.25) is 5.91 Å². The van der Waals surface area contributed by atoms with Crippen LogP contribution in [0.2, 0.25) is 0 Å². The van der Waals surface area contributed by atoms with Crippen LogP contribution in [0.5, 0.6) is 0 Å². The minimum atomic E-state index is -0.405. The van der Waals surface area contributed by atoms with Crippen LogP contribution in [0, 0.1) is 0 Å². The van der Waals surface area contributed by atoms with Crippen LogP contribution in [0.1, 0.15) is 6.92 Å². The Hall–Kier alpha value is -0.0300. The highest BCUT2D eigenvalue weighted by atomic mass is 35.5.